The third kappa shape index (κ3) is 7.92. The number of hydrogen-bond acceptors (Lipinski definition) is 6. The molecule has 0 fully saturated rings. The van der Waals surface area contributed by atoms with E-state index in [4.69, 9.17) is 14.2 Å². The second kappa shape index (κ2) is 11.3. The molecule has 29 heavy (non-hydrogen) atoms. The van der Waals surface area contributed by atoms with Crippen molar-refractivity contribution >= 4 is 23.5 Å². The van der Waals surface area contributed by atoms with Gasteiger partial charge >= 0.3 is 5.97 Å². The van der Waals surface area contributed by atoms with Crippen molar-refractivity contribution in [3.63, 3.8) is 0 Å². The molecule has 0 aliphatic carbocycles. The van der Waals surface area contributed by atoms with Crippen molar-refractivity contribution in [2.24, 2.45) is 0 Å². The molecule has 154 valence electrons. The predicted octanol–water partition coefficient (Wildman–Crippen LogP) is 1.93. The molecule has 0 atom stereocenters. The Morgan fingerprint density at radius 2 is 1.55 bits per heavy atom. The van der Waals surface area contributed by atoms with Gasteiger partial charge in [-0.15, -0.1) is 0 Å². The topological polar surface area (TPSA) is 103 Å². The number of rotatable bonds is 10. The largest absolute Gasteiger partial charge is 0.497 e. The average molecular weight is 400 g/mol. The Labute approximate surface area is 169 Å². The average Bonchev–Trinajstić information content (AvgIpc) is 2.72. The highest BCUT2D eigenvalue weighted by Crippen LogP contribution is 2.25. The SMILES string of the molecule is COc1cc(NC(=O)COC(=O)CCNC(=O)Cc2ccccc2)cc(OC)c1. The Morgan fingerprint density at radius 3 is 2.17 bits per heavy atom. The highest BCUT2D eigenvalue weighted by atomic mass is 16.5. The van der Waals surface area contributed by atoms with E-state index in [1.165, 1.54) is 14.2 Å². The van der Waals surface area contributed by atoms with Crippen LogP contribution >= 0.6 is 0 Å². The van der Waals surface area contributed by atoms with Gasteiger partial charge in [0.2, 0.25) is 5.91 Å². The standard InChI is InChI=1S/C21H24N2O6/c1-27-17-11-16(12-18(13-17)28-2)23-20(25)14-29-21(26)8-9-22-19(24)10-15-6-4-3-5-7-15/h3-7,11-13H,8-10,14H2,1-2H3,(H,22,24)(H,23,25). The predicted molar refractivity (Wildman–Crippen MR) is 107 cm³/mol. The fourth-order valence-electron chi connectivity index (χ4n) is 2.44. The van der Waals surface area contributed by atoms with Gasteiger partial charge in [0.15, 0.2) is 6.61 Å². The molecule has 0 bridgehead atoms. The molecule has 2 N–H and O–H groups in total. The quantitative estimate of drug-likeness (QED) is 0.591. The maximum Gasteiger partial charge on any atom is 0.308 e. The normalized spacial score (nSPS) is 10.0. The lowest BCUT2D eigenvalue weighted by molar-refractivity contribution is -0.147. The first kappa shape index (κ1) is 21.7. The van der Waals surface area contributed by atoms with Crippen LogP contribution in [0.25, 0.3) is 0 Å². The molecule has 0 radical (unpaired) electrons. The number of ether oxygens (including phenoxy) is 3. The number of esters is 1. The van der Waals surface area contributed by atoms with Gasteiger partial charge in [-0.25, -0.2) is 0 Å². The molecule has 2 aromatic carbocycles. The number of carbonyl (C=O) groups is 3. The number of carbonyl (C=O) groups excluding carboxylic acids is 3. The molecule has 0 spiro atoms. The number of methoxy groups -OCH3 is 2. The van der Waals surface area contributed by atoms with Crippen molar-refractivity contribution in [3.05, 3.63) is 54.1 Å². The summed E-state index contributed by atoms with van der Waals surface area (Å²) in [7, 11) is 3.00. The van der Waals surface area contributed by atoms with Gasteiger partial charge < -0.3 is 24.8 Å². The number of amides is 2. The molecule has 2 amide bonds. The van der Waals surface area contributed by atoms with Crippen LogP contribution in [0.4, 0.5) is 5.69 Å². The third-order valence-corrected chi connectivity index (χ3v) is 3.86. The highest BCUT2D eigenvalue weighted by molar-refractivity contribution is 5.93. The van der Waals surface area contributed by atoms with E-state index in [9.17, 15) is 14.4 Å². The highest BCUT2D eigenvalue weighted by Gasteiger charge is 2.10. The Morgan fingerprint density at radius 1 is 0.897 bits per heavy atom. The Bertz CT molecular complexity index is 816. The van der Waals surface area contributed by atoms with Crippen LogP contribution in [0.3, 0.4) is 0 Å². The van der Waals surface area contributed by atoms with Crippen molar-refractivity contribution in [2.45, 2.75) is 12.8 Å². The summed E-state index contributed by atoms with van der Waals surface area (Å²) < 4.78 is 15.2. The zero-order chi connectivity index (χ0) is 21.1. The first-order valence-corrected chi connectivity index (χ1v) is 8.99. The molecular weight excluding hydrogens is 376 g/mol. The number of benzene rings is 2. The van der Waals surface area contributed by atoms with Gasteiger partial charge in [-0.3, -0.25) is 14.4 Å². The first-order chi connectivity index (χ1) is 14.0. The first-order valence-electron chi connectivity index (χ1n) is 8.99. The summed E-state index contributed by atoms with van der Waals surface area (Å²) in [4.78, 5) is 35.5. The summed E-state index contributed by atoms with van der Waals surface area (Å²) in [5, 5.41) is 5.25. The van der Waals surface area contributed by atoms with E-state index in [2.05, 4.69) is 10.6 Å². The lowest BCUT2D eigenvalue weighted by atomic mass is 10.1. The fourth-order valence-corrected chi connectivity index (χ4v) is 2.44. The van der Waals surface area contributed by atoms with Crippen molar-refractivity contribution in [1.29, 1.82) is 0 Å². The van der Waals surface area contributed by atoms with E-state index in [-0.39, 0.29) is 25.3 Å². The molecular formula is C21H24N2O6. The Balaban J connectivity index is 1.68. The molecule has 2 aromatic rings. The van der Waals surface area contributed by atoms with Gasteiger partial charge in [-0.2, -0.15) is 0 Å². The van der Waals surface area contributed by atoms with E-state index < -0.39 is 18.5 Å². The second-order valence-electron chi connectivity index (χ2n) is 6.07. The van der Waals surface area contributed by atoms with Crippen molar-refractivity contribution < 1.29 is 28.6 Å². The van der Waals surface area contributed by atoms with Crippen molar-refractivity contribution in [1.82, 2.24) is 5.32 Å². The van der Waals surface area contributed by atoms with Crippen LogP contribution in [0.15, 0.2) is 48.5 Å². The zero-order valence-corrected chi connectivity index (χ0v) is 16.4. The van der Waals surface area contributed by atoms with Gasteiger partial charge in [0.1, 0.15) is 11.5 Å². The Hall–Kier alpha value is -3.55. The lowest BCUT2D eigenvalue weighted by Gasteiger charge is -2.10. The van der Waals surface area contributed by atoms with Gasteiger partial charge in [-0.1, -0.05) is 30.3 Å². The molecule has 0 aromatic heterocycles. The third-order valence-electron chi connectivity index (χ3n) is 3.86. The minimum absolute atomic E-state index is 0.0270. The summed E-state index contributed by atoms with van der Waals surface area (Å²) in [6.07, 6.45) is 0.211. The second-order valence-corrected chi connectivity index (χ2v) is 6.07. The number of anilines is 1. The van der Waals surface area contributed by atoms with Crippen LogP contribution in [-0.2, 0) is 25.5 Å². The maximum absolute atomic E-state index is 12.0. The molecule has 8 heteroatoms. The van der Waals surface area contributed by atoms with Crippen LogP contribution in [0.5, 0.6) is 11.5 Å². The molecule has 0 aliphatic heterocycles. The van der Waals surface area contributed by atoms with Crippen LogP contribution in [0, 0.1) is 0 Å². The summed E-state index contributed by atoms with van der Waals surface area (Å²) in [6.45, 7) is -0.296. The van der Waals surface area contributed by atoms with Gasteiger partial charge in [-0.05, 0) is 5.56 Å². The van der Waals surface area contributed by atoms with E-state index in [1.54, 1.807) is 18.2 Å². The molecule has 8 nitrogen and oxygen atoms in total. The molecule has 0 unspecified atom stereocenters. The van der Waals surface area contributed by atoms with Crippen LogP contribution in [0.1, 0.15) is 12.0 Å². The van der Waals surface area contributed by atoms with Crippen LogP contribution < -0.4 is 20.1 Å². The smallest absolute Gasteiger partial charge is 0.308 e. The minimum Gasteiger partial charge on any atom is -0.497 e. The lowest BCUT2D eigenvalue weighted by Crippen LogP contribution is -2.28. The minimum atomic E-state index is -0.580. The fraction of sp³-hybridized carbons (Fsp3) is 0.286. The van der Waals surface area contributed by atoms with Crippen LogP contribution in [-0.4, -0.2) is 45.2 Å². The monoisotopic (exact) mass is 400 g/mol. The number of nitrogens with one attached hydrogen (secondary N) is 2. The summed E-state index contributed by atoms with van der Waals surface area (Å²) in [5.41, 5.74) is 1.34. The number of hydrogen-bond donors (Lipinski definition) is 2. The summed E-state index contributed by atoms with van der Waals surface area (Å²) >= 11 is 0. The Kier molecular flexibility index (Phi) is 8.50. The van der Waals surface area contributed by atoms with E-state index in [0.29, 0.717) is 17.2 Å². The molecule has 0 heterocycles. The summed E-state index contributed by atoms with van der Waals surface area (Å²) in [6, 6.07) is 14.2. The van der Waals surface area contributed by atoms with Gasteiger partial charge in [0, 0.05) is 30.4 Å². The molecule has 0 saturated carbocycles. The van der Waals surface area contributed by atoms with Crippen LogP contribution in [0.2, 0.25) is 0 Å². The van der Waals surface area contributed by atoms with E-state index in [0.717, 1.165) is 5.56 Å². The van der Waals surface area contributed by atoms with Gasteiger partial charge in [0.25, 0.3) is 5.91 Å². The molecule has 0 saturated heterocycles. The summed E-state index contributed by atoms with van der Waals surface area (Å²) in [5.74, 6) is -0.232. The van der Waals surface area contributed by atoms with E-state index >= 15 is 0 Å². The van der Waals surface area contributed by atoms with Crippen molar-refractivity contribution in [3.8, 4) is 11.5 Å². The van der Waals surface area contributed by atoms with Crippen molar-refractivity contribution in [2.75, 3.05) is 32.7 Å². The van der Waals surface area contributed by atoms with Gasteiger partial charge in [0.05, 0.1) is 27.1 Å². The zero-order valence-electron chi connectivity index (χ0n) is 16.4. The maximum atomic E-state index is 12.0. The molecule has 0 aliphatic rings. The van der Waals surface area contributed by atoms with E-state index in [1.807, 2.05) is 30.3 Å². The molecule has 2 rings (SSSR count).